The summed E-state index contributed by atoms with van der Waals surface area (Å²) in [5.74, 6) is 2.85. The predicted octanol–water partition coefficient (Wildman–Crippen LogP) is -0.112. The molecule has 22 heavy (non-hydrogen) atoms. The standard InChI is InChI=1S/C15H25N5OS/c1-19-11-12(8-18-19)13-9-16-10-14(13)15(21)17-2-3-20-4-6-22-7-5-20/h8,11,13-14,16H,2-7,9-10H2,1H3,(H,17,21)/t13-,14+/m1/s1. The van der Waals surface area contributed by atoms with Crippen LogP contribution < -0.4 is 10.6 Å². The minimum Gasteiger partial charge on any atom is -0.355 e. The average Bonchev–Trinajstić information content (AvgIpc) is 3.16. The number of hydrogen-bond acceptors (Lipinski definition) is 5. The van der Waals surface area contributed by atoms with Gasteiger partial charge in [-0.1, -0.05) is 0 Å². The molecule has 0 spiro atoms. The Morgan fingerprint density at radius 1 is 1.45 bits per heavy atom. The monoisotopic (exact) mass is 323 g/mol. The van der Waals surface area contributed by atoms with Crippen LogP contribution in [0.2, 0.25) is 0 Å². The number of carbonyl (C=O) groups is 1. The molecule has 0 bridgehead atoms. The predicted molar refractivity (Wildman–Crippen MR) is 89.1 cm³/mol. The van der Waals surface area contributed by atoms with Crippen LogP contribution in [0.4, 0.5) is 0 Å². The minimum absolute atomic E-state index is 0.0149. The average molecular weight is 323 g/mol. The first-order chi connectivity index (χ1) is 10.7. The minimum atomic E-state index is 0.0149. The molecule has 0 saturated carbocycles. The number of nitrogens with zero attached hydrogens (tertiary/aromatic N) is 3. The Labute approximate surface area is 136 Å². The van der Waals surface area contributed by atoms with Gasteiger partial charge in [0.15, 0.2) is 0 Å². The highest BCUT2D eigenvalue weighted by Crippen LogP contribution is 2.27. The van der Waals surface area contributed by atoms with Crippen LogP contribution >= 0.6 is 11.8 Å². The van der Waals surface area contributed by atoms with Crippen LogP contribution in [-0.2, 0) is 11.8 Å². The highest BCUT2D eigenvalue weighted by Gasteiger charge is 2.34. The molecule has 122 valence electrons. The van der Waals surface area contributed by atoms with Crippen molar-refractivity contribution < 1.29 is 4.79 Å². The zero-order chi connectivity index (χ0) is 15.4. The molecule has 2 aliphatic rings. The maximum absolute atomic E-state index is 12.5. The summed E-state index contributed by atoms with van der Waals surface area (Å²) in [5.41, 5.74) is 1.15. The van der Waals surface area contributed by atoms with Crippen LogP contribution in [0.25, 0.3) is 0 Å². The van der Waals surface area contributed by atoms with Gasteiger partial charge in [-0.3, -0.25) is 14.4 Å². The molecule has 6 nitrogen and oxygen atoms in total. The Hall–Kier alpha value is -1.05. The highest BCUT2D eigenvalue weighted by molar-refractivity contribution is 7.99. The number of thioether (sulfide) groups is 1. The Bertz CT molecular complexity index is 500. The molecule has 2 N–H and O–H groups in total. The summed E-state index contributed by atoms with van der Waals surface area (Å²) in [6.07, 6.45) is 3.90. The molecular weight excluding hydrogens is 298 g/mol. The van der Waals surface area contributed by atoms with Gasteiger partial charge in [-0.05, 0) is 5.56 Å². The van der Waals surface area contributed by atoms with E-state index in [4.69, 9.17) is 0 Å². The third-order valence-electron chi connectivity index (χ3n) is 4.53. The summed E-state index contributed by atoms with van der Waals surface area (Å²) in [7, 11) is 1.91. The number of carbonyl (C=O) groups excluding carboxylic acids is 1. The third kappa shape index (κ3) is 3.83. The Balaban J connectivity index is 1.48. The van der Waals surface area contributed by atoms with E-state index < -0.39 is 0 Å². The number of hydrogen-bond donors (Lipinski definition) is 2. The van der Waals surface area contributed by atoms with Crippen LogP contribution in [0.15, 0.2) is 12.4 Å². The molecule has 0 aromatic carbocycles. The summed E-state index contributed by atoms with van der Waals surface area (Å²) in [6, 6.07) is 0. The SMILES string of the molecule is Cn1cc([C@H]2CNC[C@@H]2C(=O)NCCN2CCSCC2)cn1. The van der Waals surface area contributed by atoms with Crippen molar-refractivity contribution in [1.29, 1.82) is 0 Å². The van der Waals surface area contributed by atoms with Gasteiger partial charge >= 0.3 is 0 Å². The summed E-state index contributed by atoms with van der Waals surface area (Å²) < 4.78 is 1.80. The molecule has 2 saturated heterocycles. The van der Waals surface area contributed by atoms with Crippen LogP contribution in [0.5, 0.6) is 0 Å². The van der Waals surface area contributed by atoms with Crippen molar-refractivity contribution in [3.05, 3.63) is 18.0 Å². The lowest BCUT2D eigenvalue weighted by molar-refractivity contribution is -0.124. The first-order valence-corrected chi connectivity index (χ1v) is 9.16. The fourth-order valence-corrected chi connectivity index (χ4v) is 4.21. The van der Waals surface area contributed by atoms with Crippen molar-refractivity contribution in [3.8, 4) is 0 Å². The first-order valence-electron chi connectivity index (χ1n) is 8.01. The van der Waals surface area contributed by atoms with E-state index in [1.54, 1.807) is 4.68 Å². The second-order valence-corrected chi connectivity index (χ2v) is 7.29. The highest BCUT2D eigenvalue weighted by atomic mass is 32.2. The second-order valence-electron chi connectivity index (χ2n) is 6.06. The van der Waals surface area contributed by atoms with E-state index in [2.05, 4.69) is 20.6 Å². The summed E-state index contributed by atoms with van der Waals surface area (Å²) in [4.78, 5) is 14.9. The van der Waals surface area contributed by atoms with Crippen molar-refractivity contribution >= 4 is 17.7 Å². The van der Waals surface area contributed by atoms with Crippen molar-refractivity contribution in [2.75, 3.05) is 50.8 Å². The quantitative estimate of drug-likeness (QED) is 0.792. The fourth-order valence-electron chi connectivity index (χ4n) is 3.23. The summed E-state index contributed by atoms with van der Waals surface area (Å²) >= 11 is 2.01. The zero-order valence-corrected chi connectivity index (χ0v) is 13.9. The Morgan fingerprint density at radius 3 is 3.00 bits per heavy atom. The number of amides is 1. The molecule has 2 aliphatic heterocycles. The van der Waals surface area contributed by atoms with Crippen LogP contribution in [-0.4, -0.2) is 71.4 Å². The molecule has 1 amide bonds. The smallest absolute Gasteiger partial charge is 0.225 e. The van der Waals surface area contributed by atoms with Crippen molar-refractivity contribution in [3.63, 3.8) is 0 Å². The van der Waals surface area contributed by atoms with Crippen molar-refractivity contribution in [2.24, 2.45) is 13.0 Å². The van der Waals surface area contributed by atoms with Gasteiger partial charge in [0, 0.05) is 69.9 Å². The molecule has 0 unspecified atom stereocenters. The molecule has 0 aliphatic carbocycles. The van der Waals surface area contributed by atoms with E-state index >= 15 is 0 Å². The van der Waals surface area contributed by atoms with Gasteiger partial charge in [0.25, 0.3) is 0 Å². The van der Waals surface area contributed by atoms with E-state index in [0.29, 0.717) is 0 Å². The number of aryl methyl sites for hydroxylation is 1. The number of rotatable bonds is 5. The van der Waals surface area contributed by atoms with E-state index in [-0.39, 0.29) is 17.7 Å². The lowest BCUT2D eigenvalue weighted by Crippen LogP contribution is -2.41. The molecule has 1 aromatic rings. The normalized spacial score (nSPS) is 26.2. The number of aromatic nitrogens is 2. The second kappa shape index (κ2) is 7.48. The summed E-state index contributed by atoms with van der Waals surface area (Å²) in [5, 5.41) is 10.7. The maximum Gasteiger partial charge on any atom is 0.225 e. The number of nitrogens with one attached hydrogen (secondary N) is 2. The lowest BCUT2D eigenvalue weighted by Gasteiger charge is -2.26. The van der Waals surface area contributed by atoms with E-state index in [1.165, 1.54) is 11.5 Å². The van der Waals surface area contributed by atoms with Gasteiger partial charge in [0.2, 0.25) is 5.91 Å². The van der Waals surface area contributed by atoms with Gasteiger partial charge < -0.3 is 10.6 Å². The largest absolute Gasteiger partial charge is 0.355 e. The molecule has 2 fully saturated rings. The zero-order valence-electron chi connectivity index (χ0n) is 13.1. The van der Waals surface area contributed by atoms with Gasteiger partial charge in [-0.15, -0.1) is 0 Å². The van der Waals surface area contributed by atoms with Crippen LogP contribution in [0.1, 0.15) is 11.5 Å². The topological polar surface area (TPSA) is 62.2 Å². The van der Waals surface area contributed by atoms with E-state index in [0.717, 1.165) is 44.8 Å². The molecule has 7 heteroatoms. The van der Waals surface area contributed by atoms with Crippen LogP contribution in [0.3, 0.4) is 0 Å². The fraction of sp³-hybridized carbons (Fsp3) is 0.733. The Kier molecular flexibility index (Phi) is 5.38. The van der Waals surface area contributed by atoms with E-state index in [9.17, 15) is 4.79 Å². The summed E-state index contributed by atoms with van der Waals surface area (Å²) in [6.45, 7) is 5.61. The van der Waals surface area contributed by atoms with Crippen molar-refractivity contribution in [2.45, 2.75) is 5.92 Å². The lowest BCUT2D eigenvalue weighted by atomic mass is 9.90. The van der Waals surface area contributed by atoms with Gasteiger partial charge in [-0.25, -0.2) is 0 Å². The van der Waals surface area contributed by atoms with Gasteiger partial charge in [0.1, 0.15) is 0 Å². The van der Waals surface area contributed by atoms with Gasteiger partial charge in [-0.2, -0.15) is 16.9 Å². The first kappa shape index (κ1) is 15.8. The molecular formula is C15H25N5OS. The molecule has 2 atom stereocenters. The molecule has 3 heterocycles. The molecule has 0 radical (unpaired) electrons. The maximum atomic E-state index is 12.5. The third-order valence-corrected chi connectivity index (χ3v) is 5.48. The van der Waals surface area contributed by atoms with Crippen molar-refractivity contribution in [1.82, 2.24) is 25.3 Å². The van der Waals surface area contributed by atoms with E-state index in [1.807, 2.05) is 31.2 Å². The van der Waals surface area contributed by atoms with Gasteiger partial charge in [0.05, 0.1) is 12.1 Å². The molecule has 1 aromatic heterocycles. The van der Waals surface area contributed by atoms with Crippen LogP contribution in [0, 0.1) is 5.92 Å². The molecule has 3 rings (SSSR count). The Morgan fingerprint density at radius 2 is 2.27 bits per heavy atom.